The molecule has 27 heavy (non-hydrogen) atoms. The molecule has 0 aromatic heterocycles. The maximum atomic E-state index is 11.9. The van der Waals surface area contributed by atoms with E-state index >= 15 is 0 Å². The normalized spacial score (nSPS) is 24.5. The molecule has 2 aliphatic rings. The maximum absolute atomic E-state index is 11.9. The van der Waals surface area contributed by atoms with Crippen LogP contribution < -0.4 is 5.32 Å². The van der Waals surface area contributed by atoms with Crippen LogP contribution in [0.25, 0.3) is 0 Å². The van der Waals surface area contributed by atoms with Gasteiger partial charge in [-0.15, -0.1) is 0 Å². The van der Waals surface area contributed by atoms with E-state index in [1.54, 1.807) is 20.8 Å². The van der Waals surface area contributed by atoms with Gasteiger partial charge in [0, 0.05) is 12.3 Å². The Morgan fingerprint density at radius 3 is 2.44 bits per heavy atom. The smallest absolute Gasteiger partial charge is 0.408 e. The number of esters is 1. The number of carbonyl (C=O) groups excluding carboxylic acids is 2. The minimum atomic E-state index is -1.09. The monoisotopic (exact) mass is 381 g/mol. The Bertz CT molecular complexity index is 580. The SMILES string of the molecule is CC(C)(C)OC(=O)N[C@@H](CCCCCC(=O)OC1CC2C=CC1C2)C(=O)O. The Morgan fingerprint density at radius 2 is 1.89 bits per heavy atom. The molecule has 0 aliphatic heterocycles. The van der Waals surface area contributed by atoms with Gasteiger partial charge in [0.25, 0.3) is 0 Å². The number of hydrogen-bond acceptors (Lipinski definition) is 5. The van der Waals surface area contributed by atoms with E-state index in [0.29, 0.717) is 43.9 Å². The fourth-order valence-electron chi connectivity index (χ4n) is 3.60. The van der Waals surface area contributed by atoms with Crippen LogP contribution in [0.1, 0.15) is 65.7 Å². The Kier molecular flexibility index (Phi) is 7.27. The van der Waals surface area contributed by atoms with Crippen molar-refractivity contribution in [2.24, 2.45) is 11.8 Å². The molecule has 0 heterocycles. The average Bonchev–Trinajstić information content (AvgIpc) is 3.14. The number of fused-ring (bicyclic) bond motifs is 2. The molecule has 1 saturated carbocycles. The first-order valence-electron chi connectivity index (χ1n) is 9.74. The molecule has 0 aromatic rings. The van der Waals surface area contributed by atoms with Gasteiger partial charge in [0.15, 0.2) is 0 Å². The lowest BCUT2D eigenvalue weighted by molar-refractivity contribution is -0.150. The molecule has 0 aromatic carbocycles. The standard InChI is InChI=1S/C20H31NO6/c1-20(2,3)27-19(25)21-15(18(23)24)7-5-4-6-8-17(22)26-16-12-13-9-10-14(16)11-13/h9-10,13-16H,4-8,11-12H2,1-3H3,(H,21,25)(H,23,24)/t13?,14?,15-,16?/m0/s1. The van der Waals surface area contributed by atoms with Gasteiger partial charge in [0.2, 0.25) is 0 Å². The van der Waals surface area contributed by atoms with Crippen molar-refractivity contribution in [2.75, 3.05) is 0 Å². The van der Waals surface area contributed by atoms with Crippen molar-refractivity contribution in [3.05, 3.63) is 12.2 Å². The van der Waals surface area contributed by atoms with Crippen molar-refractivity contribution in [3.8, 4) is 0 Å². The first-order valence-corrected chi connectivity index (χ1v) is 9.74. The van der Waals surface area contributed by atoms with E-state index in [2.05, 4.69) is 17.5 Å². The van der Waals surface area contributed by atoms with E-state index in [9.17, 15) is 19.5 Å². The molecule has 3 unspecified atom stereocenters. The lowest BCUT2D eigenvalue weighted by atomic mass is 10.0. The number of carboxylic acids is 1. The van der Waals surface area contributed by atoms with Gasteiger partial charge < -0.3 is 19.9 Å². The minimum absolute atomic E-state index is 0.0296. The molecular formula is C20H31NO6. The van der Waals surface area contributed by atoms with Crippen LogP contribution in [-0.2, 0) is 19.1 Å². The van der Waals surface area contributed by atoms with Crippen LogP contribution in [0.15, 0.2) is 12.2 Å². The number of nitrogens with one attached hydrogen (secondary N) is 1. The highest BCUT2D eigenvalue weighted by Gasteiger charge is 2.37. The van der Waals surface area contributed by atoms with Crippen molar-refractivity contribution >= 4 is 18.0 Å². The summed E-state index contributed by atoms with van der Waals surface area (Å²) >= 11 is 0. The lowest BCUT2D eigenvalue weighted by Gasteiger charge is -2.22. The predicted molar refractivity (Wildman–Crippen MR) is 99.1 cm³/mol. The molecule has 152 valence electrons. The number of alkyl carbamates (subject to hydrolysis) is 1. The number of unbranched alkanes of at least 4 members (excludes halogenated alkanes) is 2. The largest absolute Gasteiger partial charge is 0.480 e. The molecule has 2 aliphatic carbocycles. The van der Waals surface area contributed by atoms with Crippen molar-refractivity contribution in [3.63, 3.8) is 0 Å². The Hall–Kier alpha value is -2.05. The van der Waals surface area contributed by atoms with Crippen LogP contribution in [0.2, 0.25) is 0 Å². The summed E-state index contributed by atoms with van der Waals surface area (Å²) in [5, 5.41) is 11.6. The molecule has 2 rings (SSSR count). The fourth-order valence-corrected chi connectivity index (χ4v) is 3.60. The fraction of sp³-hybridized carbons (Fsp3) is 0.750. The number of hydrogen-bond donors (Lipinski definition) is 2. The second kappa shape index (κ2) is 9.24. The molecule has 1 amide bonds. The summed E-state index contributed by atoms with van der Waals surface area (Å²) in [6.07, 6.45) is 8.25. The van der Waals surface area contributed by atoms with Gasteiger partial charge in [0.05, 0.1) is 0 Å². The van der Waals surface area contributed by atoms with Gasteiger partial charge in [-0.05, 0) is 52.4 Å². The second-order valence-electron chi connectivity index (χ2n) is 8.44. The summed E-state index contributed by atoms with van der Waals surface area (Å²) in [6.45, 7) is 5.15. The summed E-state index contributed by atoms with van der Waals surface area (Å²) in [7, 11) is 0. The Labute approximate surface area is 160 Å². The van der Waals surface area contributed by atoms with E-state index < -0.39 is 23.7 Å². The third kappa shape index (κ3) is 7.23. The van der Waals surface area contributed by atoms with Crippen molar-refractivity contribution in [1.82, 2.24) is 5.32 Å². The highest BCUT2D eigenvalue weighted by molar-refractivity contribution is 5.79. The Morgan fingerprint density at radius 1 is 1.15 bits per heavy atom. The molecule has 0 radical (unpaired) electrons. The number of aliphatic carboxylic acids is 1. The summed E-state index contributed by atoms with van der Waals surface area (Å²) in [5.41, 5.74) is -0.678. The molecule has 4 atom stereocenters. The molecule has 2 bridgehead atoms. The van der Waals surface area contributed by atoms with E-state index in [1.807, 2.05) is 0 Å². The summed E-state index contributed by atoms with van der Waals surface area (Å²) in [4.78, 5) is 34.9. The number of rotatable bonds is 9. The lowest BCUT2D eigenvalue weighted by Crippen LogP contribution is -2.43. The molecule has 0 saturated heterocycles. The van der Waals surface area contributed by atoms with E-state index in [1.165, 1.54) is 0 Å². The number of carbonyl (C=O) groups is 3. The van der Waals surface area contributed by atoms with Crippen LogP contribution >= 0.6 is 0 Å². The topological polar surface area (TPSA) is 102 Å². The van der Waals surface area contributed by atoms with Crippen molar-refractivity contribution < 1.29 is 29.0 Å². The summed E-state index contributed by atoms with van der Waals surface area (Å²) in [6, 6.07) is -0.993. The van der Waals surface area contributed by atoms with Crippen LogP contribution in [0, 0.1) is 11.8 Å². The van der Waals surface area contributed by atoms with E-state index in [0.717, 1.165) is 12.8 Å². The second-order valence-corrected chi connectivity index (χ2v) is 8.44. The predicted octanol–water partition coefficient (Wildman–Crippen LogP) is 3.42. The molecule has 7 heteroatoms. The number of allylic oxidation sites excluding steroid dienone is 1. The number of carboxylic acid groups (broad SMARTS) is 1. The number of amides is 1. The molecule has 1 fully saturated rings. The van der Waals surface area contributed by atoms with E-state index in [4.69, 9.17) is 9.47 Å². The van der Waals surface area contributed by atoms with Crippen LogP contribution in [-0.4, -0.2) is 40.9 Å². The van der Waals surface area contributed by atoms with Gasteiger partial charge in [-0.25, -0.2) is 9.59 Å². The van der Waals surface area contributed by atoms with Crippen LogP contribution in [0.5, 0.6) is 0 Å². The first-order chi connectivity index (χ1) is 12.6. The van der Waals surface area contributed by atoms with Crippen molar-refractivity contribution in [2.45, 2.75) is 83.5 Å². The van der Waals surface area contributed by atoms with Gasteiger partial charge in [0.1, 0.15) is 17.7 Å². The third-order valence-corrected chi connectivity index (χ3v) is 4.86. The van der Waals surface area contributed by atoms with Crippen LogP contribution in [0.4, 0.5) is 4.79 Å². The zero-order valence-corrected chi connectivity index (χ0v) is 16.4. The highest BCUT2D eigenvalue weighted by atomic mass is 16.6. The van der Waals surface area contributed by atoms with Gasteiger partial charge in [-0.2, -0.15) is 0 Å². The molecule has 7 nitrogen and oxygen atoms in total. The van der Waals surface area contributed by atoms with Gasteiger partial charge >= 0.3 is 18.0 Å². The average molecular weight is 381 g/mol. The van der Waals surface area contributed by atoms with Gasteiger partial charge in [-0.3, -0.25) is 4.79 Å². The summed E-state index contributed by atoms with van der Waals surface area (Å²) in [5.74, 6) is -0.320. The molecule has 0 spiro atoms. The molecular weight excluding hydrogens is 350 g/mol. The van der Waals surface area contributed by atoms with Crippen LogP contribution in [0.3, 0.4) is 0 Å². The van der Waals surface area contributed by atoms with E-state index in [-0.39, 0.29) is 12.1 Å². The quantitative estimate of drug-likeness (QED) is 0.360. The first kappa shape index (κ1) is 21.3. The highest BCUT2D eigenvalue weighted by Crippen LogP contribution is 2.40. The number of ether oxygens (including phenoxy) is 2. The maximum Gasteiger partial charge on any atom is 0.408 e. The van der Waals surface area contributed by atoms with Crippen molar-refractivity contribution in [1.29, 1.82) is 0 Å². The molecule has 2 N–H and O–H groups in total. The zero-order chi connectivity index (χ0) is 20.0. The Balaban J connectivity index is 1.59. The van der Waals surface area contributed by atoms with Gasteiger partial charge in [-0.1, -0.05) is 25.0 Å². The summed E-state index contributed by atoms with van der Waals surface area (Å²) < 4.78 is 10.6. The third-order valence-electron chi connectivity index (χ3n) is 4.86. The minimum Gasteiger partial charge on any atom is -0.480 e. The zero-order valence-electron chi connectivity index (χ0n) is 16.4.